The van der Waals surface area contributed by atoms with E-state index >= 15 is 0 Å². The maximum atomic E-state index is 11.9. The summed E-state index contributed by atoms with van der Waals surface area (Å²) >= 11 is 0. The second-order valence-corrected chi connectivity index (χ2v) is 5.05. The lowest BCUT2D eigenvalue weighted by Crippen LogP contribution is -2.41. The number of piperidine rings is 1. The second kappa shape index (κ2) is 4.09. The van der Waals surface area contributed by atoms with Crippen LogP contribution in [-0.4, -0.2) is 30.3 Å². The Hall–Kier alpha value is -0.630. The van der Waals surface area contributed by atoms with Crippen LogP contribution in [-0.2, 0) is 4.79 Å². The zero-order chi connectivity index (χ0) is 11.0. The molecular formula is C13H21NO. The van der Waals surface area contributed by atoms with E-state index < -0.39 is 0 Å². The SMILES string of the molecule is CCC(=O)C1=C[C@H](C)C2CCC1N(C)C2. The largest absolute Gasteiger partial charge is 0.299 e. The van der Waals surface area contributed by atoms with E-state index in [1.54, 1.807) is 0 Å². The fourth-order valence-corrected chi connectivity index (χ4v) is 3.02. The molecule has 0 radical (unpaired) electrons. The first-order valence-corrected chi connectivity index (χ1v) is 6.08. The van der Waals surface area contributed by atoms with Gasteiger partial charge in [-0.05, 0) is 31.7 Å². The summed E-state index contributed by atoms with van der Waals surface area (Å²) in [6.45, 7) is 5.38. The summed E-state index contributed by atoms with van der Waals surface area (Å²) in [5, 5.41) is 0. The van der Waals surface area contributed by atoms with Crippen LogP contribution >= 0.6 is 0 Å². The van der Waals surface area contributed by atoms with Crippen molar-refractivity contribution in [2.75, 3.05) is 13.6 Å². The monoisotopic (exact) mass is 207 g/mol. The van der Waals surface area contributed by atoms with E-state index in [9.17, 15) is 4.79 Å². The minimum Gasteiger partial charge on any atom is -0.299 e. The molecule has 0 aromatic carbocycles. The third kappa shape index (κ3) is 1.87. The average molecular weight is 207 g/mol. The molecule has 0 aromatic rings. The zero-order valence-corrected chi connectivity index (χ0v) is 9.99. The Kier molecular flexibility index (Phi) is 2.96. The molecule has 3 aliphatic rings. The molecule has 3 rings (SSSR count). The zero-order valence-electron chi connectivity index (χ0n) is 9.99. The molecule has 0 aromatic heterocycles. The van der Waals surface area contributed by atoms with Crippen LogP contribution in [0.25, 0.3) is 0 Å². The number of likely N-dealkylation sites (N-methyl/N-ethyl adjacent to an activating group) is 1. The van der Waals surface area contributed by atoms with Crippen LogP contribution < -0.4 is 0 Å². The number of hydrogen-bond donors (Lipinski definition) is 0. The minimum absolute atomic E-state index is 0.348. The second-order valence-electron chi connectivity index (χ2n) is 5.05. The normalized spacial score (nSPS) is 36.2. The molecule has 2 heteroatoms. The summed E-state index contributed by atoms with van der Waals surface area (Å²) in [4.78, 5) is 14.3. The summed E-state index contributed by atoms with van der Waals surface area (Å²) in [5.41, 5.74) is 1.09. The number of nitrogens with zero attached hydrogens (tertiary/aromatic N) is 1. The molecule has 0 saturated carbocycles. The van der Waals surface area contributed by atoms with Gasteiger partial charge < -0.3 is 0 Å². The fraction of sp³-hybridized carbons (Fsp3) is 0.769. The number of allylic oxidation sites excluding steroid dienone is 1. The highest BCUT2D eigenvalue weighted by molar-refractivity contribution is 5.96. The highest BCUT2D eigenvalue weighted by Gasteiger charge is 2.35. The molecule has 2 bridgehead atoms. The summed E-state index contributed by atoms with van der Waals surface area (Å²) in [5.74, 6) is 1.68. The van der Waals surface area contributed by atoms with Gasteiger partial charge in [-0.2, -0.15) is 0 Å². The predicted octanol–water partition coefficient (Wildman–Crippen LogP) is 2.25. The van der Waals surface area contributed by atoms with Crippen LogP contribution in [0.4, 0.5) is 0 Å². The topological polar surface area (TPSA) is 20.3 Å². The van der Waals surface area contributed by atoms with E-state index in [0.29, 0.717) is 24.2 Å². The summed E-state index contributed by atoms with van der Waals surface area (Å²) in [7, 11) is 2.16. The third-order valence-electron chi connectivity index (χ3n) is 4.05. The molecule has 1 aliphatic carbocycles. The lowest BCUT2D eigenvalue weighted by atomic mass is 9.88. The Morgan fingerprint density at radius 2 is 2.27 bits per heavy atom. The lowest BCUT2D eigenvalue weighted by Gasteiger charge is -2.36. The Labute approximate surface area is 92.3 Å². The van der Waals surface area contributed by atoms with E-state index in [1.165, 1.54) is 12.8 Å². The Bertz CT molecular complexity index is 295. The first kappa shape index (κ1) is 10.9. The molecule has 2 aliphatic heterocycles. The third-order valence-corrected chi connectivity index (χ3v) is 4.05. The highest BCUT2D eigenvalue weighted by Crippen LogP contribution is 2.36. The van der Waals surface area contributed by atoms with Crippen molar-refractivity contribution < 1.29 is 4.79 Å². The van der Waals surface area contributed by atoms with Crippen molar-refractivity contribution in [3.05, 3.63) is 11.6 Å². The van der Waals surface area contributed by atoms with Crippen LogP contribution in [0.1, 0.15) is 33.1 Å². The van der Waals surface area contributed by atoms with Crippen LogP contribution in [0.15, 0.2) is 11.6 Å². The minimum atomic E-state index is 0.348. The van der Waals surface area contributed by atoms with Gasteiger partial charge in [-0.1, -0.05) is 19.9 Å². The van der Waals surface area contributed by atoms with Gasteiger partial charge >= 0.3 is 0 Å². The van der Waals surface area contributed by atoms with Crippen LogP contribution in [0, 0.1) is 11.8 Å². The molecule has 3 atom stereocenters. The van der Waals surface area contributed by atoms with Gasteiger partial charge in [0.1, 0.15) is 0 Å². The van der Waals surface area contributed by atoms with E-state index in [-0.39, 0.29) is 0 Å². The molecule has 84 valence electrons. The van der Waals surface area contributed by atoms with Gasteiger partial charge in [-0.15, -0.1) is 0 Å². The molecule has 2 unspecified atom stereocenters. The van der Waals surface area contributed by atoms with Gasteiger partial charge in [0, 0.05) is 24.6 Å². The van der Waals surface area contributed by atoms with Crippen molar-refractivity contribution >= 4 is 5.78 Å². The first-order chi connectivity index (χ1) is 7.13. The van der Waals surface area contributed by atoms with Crippen LogP contribution in [0.3, 0.4) is 0 Å². The van der Waals surface area contributed by atoms with Crippen molar-refractivity contribution in [3.8, 4) is 0 Å². The molecule has 2 heterocycles. The number of rotatable bonds is 2. The van der Waals surface area contributed by atoms with E-state index in [1.807, 2.05) is 6.92 Å². The van der Waals surface area contributed by atoms with Gasteiger partial charge in [-0.25, -0.2) is 0 Å². The predicted molar refractivity (Wildman–Crippen MR) is 61.7 cm³/mol. The van der Waals surface area contributed by atoms with E-state index in [4.69, 9.17) is 0 Å². The van der Waals surface area contributed by atoms with Crippen LogP contribution in [0.5, 0.6) is 0 Å². The maximum absolute atomic E-state index is 11.9. The highest BCUT2D eigenvalue weighted by atomic mass is 16.1. The van der Waals surface area contributed by atoms with E-state index in [0.717, 1.165) is 18.0 Å². The molecular weight excluding hydrogens is 186 g/mol. The van der Waals surface area contributed by atoms with Crippen molar-refractivity contribution in [3.63, 3.8) is 0 Å². The van der Waals surface area contributed by atoms with Gasteiger partial charge in [-0.3, -0.25) is 9.69 Å². The number of ketones is 1. The smallest absolute Gasteiger partial charge is 0.159 e. The molecule has 0 N–H and O–H groups in total. The molecule has 1 saturated heterocycles. The Balaban J connectivity index is 2.31. The summed E-state index contributed by atoms with van der Waals surface area (Å²) < 4.78 is 0. The molecule has 1 fully saturated rings. The molecule has 0 amide bonds. The summed E-state index contributed by atoms with van der Waals surface area (Å²) in [6.07, 6.45) is 5.35. The van der Waals surface area contributed by atoms with Gasteiger partial charge in [0.25, 0.3) is 0 Å². The quantitative estimate of drug-likeness (QED) is 0.692. The number of carbonyl (C=O) groups is 1. The fourth-order valence-electron chi connectivity index (χ4n) is 3.02. The number of hydrogen-bond acceptors (Lipinski definition) is 2. The molecule has 2 nitrogen and oxygen atoms in total. The molecule has 0 spiro atoms. The standard InChI is InChI=1S/C13H21NO/c1-4-13(15)11-7-9(2)10-5-6-12(11)14(3)8-10/h7,9-10,12H,4-6,8H2,1-3H3/t9-,10?,12?/m0/s1. The van der Waals surface area contributed by atoms with Crippen molar-refractivity contribution in [2.45, 2.75) is 39.2 Å². The first-order valence-electron chi connectivity index (χ1n) is 6.08. The number of fused-ring (bicyclic) bond motifs is 3. The van der Waals surface area contributed by atoms with Gasteiger partial charge in [0.15, 0.2) is 5.78 Å². The van der Waals surface area contributed by atoms with Crippen molar-refractivity contribution in [2.24, 2.45) is 11.8 Å². The number of Topliss-reactive ketones (excluding diaryl/α,β-unsaturated/α-hetero) is 1. The van der Waals surface area contributed by atoms with E-state index in [2.05, 4.69) is 24.9 Å². The van der Waals surface area contributed by atoms with Crippen molar-refractivity contribution in [1.82, 2.24) is 4.90 Å². The lowest BCUT2D eigenvalue weighted by molar-refractivity contribution is -0.116. The van der Waals surface area contributed by atoms with Gasteiger partial charge in [0.2, 0.25) is 0 Å². The Morgan fingerprint density at radius 3 is 2.87 bits per heavy atom. The summed E-state index contributed by atoms with van der Waals surface area (Å²) in [6, 6.07) is 0.402. The Morgan fingerprint density at radius 1 is 1.53 bits per heavy atom. The van der Waals surface area contributed by atoms with Gasteiger partial charge in [0.05, 0.1) is 0 Å². The average Bonchev–Trinajstić information content (AvgIpc) is 2.45. The van der Waals surface area contributed by atoms with Crippen LogP contribution in [0.2, 0.25) is 0 Å². The maximum Gasteiger partial charge on any atom is 0.159 e. The number of carbonyl (C=O) groups excluding carboxylic acids is 1. The molecule has 15 heavy (non-hydrogen) atoms. The van der Waals surface area contributed by atoms with Crippen molar-refractivity contribution in [1.29, 1.82) is 0 Å².